The Labute approximate surface area is 198 Å². The SMILES string of the molecule is COC(=O)[C@@H](NC(=O)SC[C@H](C)NC(=O)OCC1c2ccccc2-c2ccccc21)C(C)C. The lowest BCUT2D eigenvalue weighted by atomic mass is 9.98. The Balaban J connectivity index is 1.48. The standard InChI is InChI=1S/C25H30N2O5S/c1-15(2)22(23(28)31-4)27-25(30)33-14-16(3)26-24(29)32-13-21-19-11-7-5-9-17(19)18-10-6-8-12-20(18)21/h5-12,15-16,21-22H,13-14H2,1-4H3,(H,26,29)(H,27,30)/t16-,22-/m0/s1. The van der Waals surface area contributed by atoms with E-state index in [-0.39, 0.29) is 29.7 Å². The Kier molecular flexibility index (Phi) is 8.38. The average Bonchev–Trinajstić information content (AvgIpc) is 3.13. The number of carbonyl (C=O) groups excluding carboxylic acids is 3. The minimum Gasteiger partial charge on any atom is -0.467 e. The Bertz CT molecular complexity index is 964. The first-order valence-corrected chi connectivity index (χ1v) is 11.9. The lowest BCUT2D eigenvalue weighted by Crippen LogP contribution is -2.44. The van der Waals surface area contributed by atoms with Crippen molar-refractivity contribution in [2.75, 3.05) is 19.5 Å². The molecule has 8 heteroatoms. The van der Waals surface area contributed by atoms with Gasteiger partial charge in [0.15, 0.2) is 0 Å². The molecule has 0 spiro atoms. The molecule has 2 N–H and O–H groups in total. The molecule has 0 aromatic heterocycles. The summed E-state index contributed by atoms with van der Waals surface area (Å²) in [7, 11) is 1.29. The molecule has 176 valence electrons. The van der Waals surface area contributed by atoms with Crippen LogP contribution in [0.1, 0.15) is 37.8 Å². The summed E-state index contributed by atoms with van der Waals surface area (Å²) in [5, 5.41) is 5.08. The molecular weight excluding hydrogens is 440 g/mol. The zero-order valence-corrected chi connectivity index (χ0v) is 20.1. The van der Waals surface area contributed by atoms with Gasteiger partial charge in [-0.1, -0.05) is 74.1 Å². The molecule has 0 radical (unpaired) electrons. The summed E-state index contributed by atoms with van der Waals surface area (Å²) in [4.78, 5) is 36.4. The Hall–Kier alpha value is -3.00. The van der Waals surface area contributed by atoms with Gasteiger partial charge >= 0.3 is 12.1 Å². The van der Waals surface area contributed by atoms with E-state index >= 15 is 0 Å². The van der Waals surface area contributed by atoms with E-state index in [1.54, 1.807) is 6.92 Å². The summed E-state index contributed by atoms with van der Waals surface area (Å²) in [5.74, 6) is -0.255. The Morgan fingerprint density at radius 1 is 0.939 bits per heavy atom. The summed E-state index contributed by atoms with van der Waals surface area (Å²) in [5.41, 5.74) is 4.64. The van der Waals surface area contributed by atoms with Crippen LogP contribution in [0, 0.1) is 5.92 Å². The lowest BCUT2D eigenvalue weighted by Gasteiger charge is -2.20. The predicted molar refractivity (Wildman–Crippen MR) is 129 cm³/mol. The van der Waals surface area contributed by atoms with Crippen LogP contribution in [0.4, 0.5) is 9.59 Å². The first-order valence-electron chi connectivity index (χ1n) is 10.9. The van der Waals surface area contributed by atoms with E-state index in [4.69, 9.17) is 9.47 Å². The number of carbonyl (C=O) groups is 3. The third-order valence-electron chi connectivity index (χ3n) is 5.57. The normalized spacial score (nSPS) is 14.1. The molecule has 0 aliphatic heterocycles. The minimum absolute atomic E-state index is 0.00935. The molecule has 2 atom stereocenters. The fourth-order valence-corrected chi connectivity index (χ4v) is 4.57. The van der Waals surface area contributed by atoms with Crippen molar-refractivity contribution in [1.29, 1.82) is 0 Å². The number of esters is 1. The van der Waals surface area contributed by atoms with E-state index in [1.807, 2.05) is 38.1 Å². The van der Waals surface area contributed by atoms with Gasteiger partial charge in [-0.2, -0.15) is 0 Å². The monoisotopic (exact) mass is 470 g/mol. The van der Waals surface area contributed by atoms with Crippen molar-refractivity contribution in [3.63, 3.8) is 0 Å². The van der Waals surface area contributed by atoms with Crippen LogP contribution in [-0.4, -0.2) is 48.9 Å². The van der Waals surface area contributed by atoms with E-state index in [2.05, 4.69) is 34.9 Å². The molecule has 3 rings (SSSR count). The molecule has 1 aliphatic carbocycles. The number of alkyl carbamates (subject to hydrolysis) is 1. The number of methoxy groups -OCH3 is 1. The van der Waals surface area contributed by atoms with Gasteiger partial charge in [0.05, 0.1) is 7.11 Å². The largest absolute Gasteiger partial charge is 0.467 e. The minimum atomic E-state index is -0.708. The number of ether oxygens (including phenoxy) is 2. The van der Waals surface area contributed by atoms with E-state index in [0.717, 1.165) is 22.9 Å². The number of hydrogen-bond donors (Lipinski definition) is 2. The van der Waals surface area contributed by atoms with Gasteiger partial charge in [-0.25, -0.2) is 9.59 Å². The van der Waals surface area contributed by atoms with E-state index in [0.29, 0.717) is 5.75 Å². The van der Waals surface area contributed by atoms with E-state index in [9.17, 15) is 14.4 Å². The van der Waals surface area contributed by atoms with Gasteiger partial charge in [0, 0.05) is 17.7 Å². The van der Waals surface area contributed by atoms with Crippen molar-refractivity contribution < 1.29 is 23.9 Å². The highest BCUT2D eigenvalue weighted by Crippen LogP contribution is 2.44. The third kappa shape index (κ3) is 6.07. The molecule has 0 bridgehead atoms. The number of benzene rings is 2. The van der Waals surface area contributed by atoms with Gasteiger partial charge in [0.2, 0.25) is 0 Å². The van der Waals surface area contributed by atoms with Crippen LogP contribution in [0.3, 0.4) is 0 Å². The Morgan fingerprint density at radius 2 is 1.52 bits per heavy atom. The van der Waals surface area contributed by atoms with Crippen molar-refractivity contribution >= 4 is 29.1 Å². The maximum absolute atomic E-state index is 12.4. The molecule has 2 aromatic carbocycles. The summed E-state index contributed by atoms with van der Waals surface area (Å²) < 4.78 is 10.3. The topological polar surface area (TPSA) is 93.7 Å². The molecule has 0 fully saturated rings. The second-order valence-corrected chi connectivity index (χ2v) is 9.35. The molecule has 33 heavy (non-hydrogen) atoms. The van der Waals surface area contributed by atoms with Crippen LogP contribution in [0.25, 0.3) is 11.1 Å². The van der Waals surface area contributed by atoms with Crippen LogP contribution >= 0.6 is 11.8 Å². The fraction of sp³-hybridized carbons (Fsp3) is 0.400. The lowest BCUT2D eigenvalue weighted by molar-refractivity contribution is -0.143. The number of nitrogens with one attached hydrogen (secondary N) is 2. The van der Waals surface area contributed by atoms with Crippen molar-refractivity contribution in [2.24, 2.45) is 5.92 Å². The number of thioether (sulfide) groups is 1. The highest BCUT2D eigenvalue weighted by Gasteiger charge is 2.29. The van der Waals surface area contributed by atoms with Gasteiger partial charge in [0.25, 0.3) is 5.24 Å². The average molecular weight is 471 g/mol. The molecule has 0 saturated carbocycles. The molecule has 2 amide bonds. The van der Waals surface area contributed by atoms with Crippen molar-refractivity contribution in [3.8, 4) is 11.1 Å². The van der Waals surface area contributed by atoms with Gasteiger partial charge < -0.3 is 20.1 Å². The molecule has 7 nitrogen and oxygen atoms in total. The highest BCUT2D eigenvalue weighted by molar-refractivity contribution is 8.13. The highest BCUT2D eigenvalue weighted by atomic mass is 32.2. The zero-order chi connectivity index (χ0) is 24.0. The van der Waals surface area contributed by atoms with Gasteiger partial charge in [-0.15, -0.1) is 0 Å². The molecule has 0 saturated heterocycles. The quantitative estimate of drug-likeness (QED) is 0.550. The second-order valence-electron chi connectivity index (χ2n) is 8.36. The first-order chi connectivity index (χ1) is 15.8. The smallest absolute Gasteiger partial charge is 0.407 e. The summed E-state index contributed by atoms with van der Waals surface area (Å²) >= 11 is 0.997. The Morgan fingerprint density at radius 3 is 2.06 bits per heavy atom. The molecule has 1 aliphatic rings. The van der Waals surface area contributed by atoms with Crippen LogP contribution in [-0.2, 0) is 14.3 Å². The number of fused-ring (bicyclic) bond motifs is 3. The summed E-state index contributed by atoms with van der Waals surface area (Å²) in [6.07, 6.45) is -0.528. The molecule has 0 unspecified atom stereocenters. The van der Waals surface area contributed by atoms with Crippen molar-refractivity contribution in [1.82, 2.24) is 10.6 Å². The number of hydrogen-bond acceptors (Lipinski definition) is 6. The predicted octanol–water partition coefficient (Wildman–Crippen LogP) is 4.55. The second kappa shape index (κ2) is 11.2. The van der Waals surface area contributed by atoms with Crippen LogP contribution in [0.5, 0.6) is 0 Å². The van der Waals surface area contributed by atoms with Gasteiger partial charge in [-0.05, 0) is 35.1 Å². The van der Waals surface area contributed by atoms with E-state index < -0.39 is 18.1 Å². The third-order valence-corrected chi connectivity index (χ3v) is 6.61. The van der Waals surface area contributed by atoms with Crippen LogP contribution in [0.2, 0.25) is 0 Å². The molecule has 2 aromatic rings. The van der Waals surface area contributed by atoms with Gasteiger partial charge in [-0.3, -0.25) is 4.79 Å². The maximum Gasteiger partial charge on any atom is 0.407 e. The van der Waals surface area contributed by atoms with Crippen LogP contribution in [0.15, 0.2) is 48.5 Å². The zero-order valence-electron chi connectivity index (χ0n) is 19.3. The van der Waals surface area contributed by atoms with Crippen molar-refractivity contribution in [3.05, 3.63) is 59.7 Å². The summed E-state index contributed by atoms with van der Waals surface area (Å²) in [6.45, 7) is 5.68. The molecular formula is C25H30N2O5S. The summed E-state index contributed by atoms with van der Waals surface area (Å²) in [6, 6.07) is 15.3. The number of rotatable bonds is 8. The maximum atomic E-state index is 12.4. The van der Waals surface area contributed by atoms with E-state index in [1.165, 1.54) is 18.2 Å². The fourth-order valence-electron chi connectivity index (χ4n) is 3.88. The van der Waals surface area contributed by atoms with Gasteiger partial charge in [0.1, 0.15) is 12.6 Å². The first kappa shape index (κ1) is 24.6. The van der Waals surface area contributed by atoms with Crippen LogP contribution < -0.4 is 10.6 Å². The van der Waals surface area contributed by atoms with Crippen molar-refractivity contribution in [2.45, 2.75) is 38.8 Å². The number of amides is 2. The molecule has 0 heterocycles.